The van der Waals surface area contributed by atoms with Crippen LogP contribution in [0.2, 0.25) is 0 Å². The molecule has 0 saturated carbocycles. The van der Waals surface area contributed by atoms with Gasteiger partial charge in [0.25, 0.3) is 0 Å². The zero-order chi connectivity index (χ0) is 13.1. The van der Waals surface area contributed by atoms with Crippen molar-refractivity contribution in [2.24, 2.45) is 0 Å². The van der Waals surface area contributed by atoms with Gasteiger partial charge in [-0.25, -0.2) is 0 Å². The highest BCUT2D eigenvalue weighted by Crippen LogP contribution is 2.29. The number of aliphatic hydroxyl groups is 2. The first-order chi connectivity index (χ1) is 8.61. The molecule has 1 aliphatic rings. The Labute approximate surface area is 105 Å². The molecule has 1 aromatic carbocycles. The first-order valence-electron chi connectivity index (χ1n) is 5.80. The lowest BCUT2D eigenvalue weighted by Crippen LogP contribution is -2.22. The number of carbonyl (C=O) groups excluding carboxylic acids is 1. The lowest BCUT2D eigenvalue weighted by Gasteiger charge is -2.17. The molecule has 5 nitrogen and oxygen atoms in total. The van der Waals surface area contributed by atoms with Gasteiger partial charge in [0.1, 0.15) is 11.9 Å². The number of fused-ring (bicyclic) bond motifs is 1. The van der Waals surface area contributed by atoms with E-state index in [1.165, 1.54) is 7.11 Å². The van der Waals surface area contributed by atoms with Crippen molar-refractivity contribution in [2.75, 3.05) is 13.7 Å². The third-order valence-corrected chi connectivity index (χ3v) is 3.02. The van der Waals surface area contributed by atoms with E-state index in [0.29, 0.717) is 12.2 Å². The molecule has 1 aromatic rings. The van der Waals surface area contributed by atoms with Gasteiger partial charge in [-0.3, -0.25) is 4.79 Å². The highest BCUT2D eigenvalue weighted by Gasteiger charge is 2.23. The highest BCUT2D eigenvalue weighted by molar-refractivity contribution is 5.69. The van der Waals surface area contributed by atoms with E-state index in [2.05, 4.69) is 4.74 Å². The van der Waals surface area contributed by atoms with E-state index in [1.54, 1.807) is 18.2 Å². The summed E-state index contributed by atoms with van der Waals surface area (Å²) in [6, 6.07) is 5.26. The zero-order valence-corrected chi connectivity index (χ0v) is 10.1. The van der Waals surface area contributed by atoms with E-state index >= 15 is 0 Å². The third-order valence-electron chi connectivity index (χ3n) is 3.02. The van der Waals surface area contributed by atoms with Crippen LogP contribution in [0.1, 0.15) is 23.7 Å². The minimum absolute atomic E-state index is 0.231. The minimum atomic E-state index is -1.17. The summed E-state index contributed by atoms with van der Waals surface area (Å²) < 4.78 is 9.81. The van der Waals surface area contributed by atoms with Gasteiger partial charge in [-0.15, -0.1) is 0 Å². The molecule has 0 saturated heterocycles. The van der Waals surface area contributed by atoms with Gasteiger partial charge in [0.2, 0.25) is 0 Å². The van der Waals surface area contributed by atoms with Crippen LogP contribution in [-0.2, 0) is 16.0 Å². The summed E-state index contributed by atoms with van der Waals surface area (Å²) >= 11 is 0. The third kappa shape index (κ3) is 2.63. The van der Waals surface area contributed by atoms with Crippen LogP contribution in [0.15, 0.2) is 18.2 Å². The van der Waals surface area contributed by atoms with Crippen molar-refractivity contribution >= 4 is 5.97 Å². The van der Waals surface area contributed by atoms with Gasteiger partial charge in [-0.1, -0.05) is 6.07 Å². The second-order valence-electron chi connectivity index (χ2n) is 4.26. The number of benzene rings is 1. The van der Waals surface area contributed by atoms with Crippen LogP contribution in [0.25, 0.3) is 0 Å². The van der Waals surface area contributed by atoms with Crippen molar-refractivity contribution in [1.29, 1.82) is 0 Å². The summed E-state index contributed by atoms with van der Waals surface area (Å²) in [6.07, 6.45) is -1.71. The van der Waals surface area contributed by atoms with Gasteiger partial charge in [-0.05, 0) is 23.3 Å². The van der Waals surface area contributed by atoms with Crippen molar-refractivity contribution in [3.8, 4) is 5.75 Å². The molecule has 0 bridgehead atoms. The first kappa shape index (κ1) is 12.9. The normalized spacial score (nSPS) is 16.6. The molecular formula is C13H16O5. The molecule has 2 atom stereocenters. The standard InChI is InChI=1S/C13H16O5/c1-17-12(15)7-10(14)13(16)9-2-3-11-8(6-9)4-5-18-11/h2-3,6,10,13-14,16H,4-5,7H2,1H3. The maximum Gasteiger partial charge on any atom is 0.308 e. The number of ether oxygens (including phenoxy) is 2. The van der Waals surface area contributed by atoms with E-state index in [1.807, 2.05) is 0 Å². The zero-order valence-electron chi connectivity index (χ0n) is 10.1. The van der Waals surface area contributed by atoms with Crippen LogP contribution in [0.4, 0.5) is 0 Å². The number of rotatable bonds is 4. The lowest BCUT2D eigenvalue weighted by atomic mass is 9.99. The second-order valence-corrected chi connectivity index (χ2v) is 4.26. The maximum atomic E-state index is 11.0. The number of hydrogen-bond acceptors (Lipinski definition) is 5. The van der Waals surface area contributed by atoms with Crippen molar-refractivity contribution < 1.29 is 24.5 Å². The number of methoxy groups -OCH3 is 1. The Kier molecular flexibility index (Phi) is 3.84. The van der Waals surface area contributed by atoms with Gasteiger partial charge in [-0.2, -0.15) is 0 Å². The van der Waals surface area contributed by atoms with Crippen LogP contribution >= 0.6 is 0 Å². The van der Waals surface area contributed by atoms with Crippen LogP contribution in [0, 0.1) is 0 Å². The number of carbonyl (C=O) groups is 1. The van der Waals surface area contributed by atoms with Crippen LogP contribution < -0.4 is 4.74 Å². The van der Waals surface area contributed by atoms with E-state index in [0.717, 1.165) is 17.7 Å². The summed E-state index contributed by atoms with van der Waals surface area (Å²) in [5.74, 6) is 0.263. The van der Waals surface area contributed by atoms with Gasteiger partial charge < -0.3 is 19.7 Å². The molecule has 0 spiro atoms. The van der Waals surface area contributed by atoms with Crippen molar-refractivity contribution in [3.05, 3.63) is 29.3 Å². The summed E-state index contributed by atoms with van der Waals surface area (Å²) in [6.45, 7) is 0.638. The van der Waals surface area contributed by atoms with Crippen LogP contribution in [-0.4, -0.2) is 36.0 Å². The molecular weight excluding hydrogens is 236 g/mol. The first-order valence-corrected chi connectivity index (χ1v) is 5.80. The molecule has 0 aromatic heterocycles. The predicted octanol–water partition coefficient (Wildman–Crippen LogP) is 0.579. The monoisotopic (exact) mass is 252 g/mol. The molecule has 0 fully saturated rings. The topological polar surface area (TPSA) is 76.0 Å². The number of hydrogen-bond donors (Lipinski definition) is 2. The fourth-order valence-corrected chi connectivity index (χ4v) is 1.98. The van der Waals surface area contributed by atoms with Crippen LogP contribution in [0.3, 0.4) is 0 Å². The smallest absolute Gasteiger partial charge is 0.308 e. The Morgan fingerprint density at radius 2 is 2.28 bits per heavy atom. The van der Waals surface area contributed by atoms with Crippen molar-refractivity contribution in [3.63, 3.8) is 0 Å². The summed E-state index contributed by atoms with van der Waals surface area (Å²) in [4.78, 5) is 11.0. The molecule has 0 aliphatic carbocycles. The number of aliphatic hydroxyl groups excluding tert-OH is 2. The quantitative estimate of drug-likeness (QED) is 0.767. The van der Waals surface area contributed by atoms with E-state index in [-0.39, 0.29) is 6.42 Å². The van der Waals surface area contributed by atoms with Gasteiger partial charge in [0, 0.05) is 6.42 Å². The van der Waals surface area contributed by atoms with Crippen LogP contribution in [0.5, 0.6) is 5.75 Å². The Balaban J connectivity index is 2.08. The fraction of sp³-hybridized carbons (Fsp3) is 0.462. The second kappa shape index (κ2) is 5.37. The summed E-state index contributed by atoms with van der Waals surface area (Å²) in [5.41, 5.74) is 1.59. The molecule has 5 heteroatoms. The van der Waals surface area contributed by atoms with E-state index in [9.17, 15) is 15.0 Å². The minimum Gasteiger partial charge on any atom is -0.493 e. The summed E-state index contributed by atoms with van der Waals surface area (Å²) in [5, 5.41) is 19.7. The fourth-order valence-electron chi connectivity index (χ4n) is 1.98. The van der Waals surface area contributed by atoms with E-state index < -0.39 is 18.2 Å². The maximum absolute atomic E-state index is 11.0. The lowest BCUT2D eigenvalue weighted by molar-refractivity contribution is -0.144. The number of esters is 1. The predicted molar refractivity (Wildman–Crippen MR) is 63.2 cm³/mol. The Morgan fingerprint density at radius 3 is 3.00 bits per heavy atom. The molecule has 1 aliphatic heterocycles. The average molecular weight is 252 g/mol. The molecule has 2 rings (SSSR count). The molecule has 0 amide bonds. The average Bonchev–Trinajstić information content (AvgIpc) is 2.84. The molecule has 1 heterocycles. The Hall–Kier alpha value is -1.59. The molecule has 2 N–H and O–H groups in total. The summed E-state index contributed by atoms with van der Waals surface area (Å²) in [7, 11) is 1.24. The van der Waals surface area contributed by atoms with E-state index in [4.69, 9.17) is 4.74 Å². The Bertz CT molecular complexity index is 443. The van der Waals surface area contributed by atoms with Crippen molar-refractivity contribution in [1.82, 2.24) is 0 Å². The molecule has 0 radical (unpaired) electrons. The molecule has 2 unspecified atom stereocenters. The highest BCUT2D eigenvalue weighted by atomic mass is 16.5. The molecule has 18 heavy (non-hydrogen) atoms. The largest absolute Gasteiger partial charge is 0.493 e. The SMILES string of the molecule is COC(=O)CC(O)C(O)c1ccc2c(c1)CCO2. The van der Waals surface area contributed by atoms with Crippen molar-refractivity contribution in [2.45, 2.75) is 25.0 Å². The van der Waals surface area contributed by atoms with Gasteiger partial charge in [0.05, 0.1) is 26.2 Å². The molecule has 98 valence electrons. The van der Waals surface area contributed by atoms with Gasteiger partial charge >= 0.3 is 5.97 Å². The van der Waals surface area contributed by atoms with Gasteiger partial charge in [0.15, 0.2) is 0 Å². The Morgan fingerprint density at radius 1 is 1.50 bits per heavy atom.